The van der Waals surface area contributed by atoms with Crippen molar-refractivity contribution in [2.24, 2.45) is 0 Å². The van der Waals surface area contributed by atoms with Crippen LogP contribution >= 0.6 is 0 Å². The number of amides is 2. The molecule has 0 aliphatic carbocycles. The first kappa shape index (κ1) is 17.8. The monoisotopic (exact) mass is 328 g/mol. The van der Waals surface area contributed by atoms with E-state index in [9.17, 15) is 9.90 Å². The van der Waals surface area contributed by atoms with Crippen LogP contribution in [0, 0.1) is 0 Å². The van der Waals surface area contributed by atoms with E-state index in [0.29, 0.717) is 19.5 Å². The minimum Gasteiger partial charge on any atom is -0.457 e. The number of aliphatic hydroxyl groups excluding tert-OH is 1. The van der Waals surface area contributed by atoms with Gasteiger partial charge in [-0.3, -0.25) is 0 Å². The Bertz CT molecular complexity index is 627. The van der Waals surface area contributed by atoms with Gasteiger partial charge in [-0.2, -0.15) is 0 Å². The van der Waals surface area contributed by atoms with Crippen LogP contribution in [0.15, 0.2) is 54.6 Å². The van der Waals surface area contributed by atoms with Gasteiger partial charge in [0.05, 0.1) is 6.10 Å². The molecule has 0 aliphatic heterocycles. The molecule has 2 aromatic carbocycles. The smallest absolute Gasteiger partial charge is 0.317 e. The minimum absolute atomic E-state index is 0.153. The summed E-state index contributed by atoms with van der Waals surface area (Å²) in [5, 5.41) is 12.1. The molecule has 0 saturated carbocycles. The molecule has 0 bridgehead atoms. The molecule has 0 aromatic heterocycles. The second-order valence-corrected chi connectivity index (χ2v) is 5.78. The van der Waals surface area contributed by atoms with Gasteiger partial charge in [-0.15, -0.1) is 0 Å². The van der Waals surface area contributed by atoms with Crippen molar-refractivity contribution in [3.63, 3.8) is 0 Å². The maximum Gasteiger partial charge on any atom is 0.317 e. The Morgan fingerprint density at radius 2 is 1.75 bits per heavy atom. The summed E-state index contributed by atoms with van der Waals surface area (Å²) in [6.07, 6.45) is 0.160. The Kier molecular flexibility index (Phi) is 6.63. The zero-order valence-electron chi connectivity index (χ0n) is 14.1. The van der Waals surface area contributed by atoms with Gasteiger partial charge in [0.15, 0.2) is 0 Å². The molecule has 5 nitrogen and oxygen atoms in total. The van der Waals surface area contributed by atoms with E-state index in [2.05, 4.69) is 5.32 Å². The molecule has 0 saturated heterocycles. The van der Waals surface area contributed by atoms with Crippen molar-refractivity contribution in [1.82, 2.24) is 10.2 Å². The molecule has 2 aromatic rings. The van der Waals surface area contributed by atoms with E-state index in [4.69, 9.17) is 4.74 Å². The molecule has 2 rings (SSSR count). The number of hydrogen-bond acceptors (Lipinski definition) is 3. The summed E-state index contributed by atoms with van der Waals surface area (Å²) in [7, 11) is 1.72. The van der Waals surface area contributed by atoms with Gasteiger partial charge in [0, 0.05) is 20.1 Å². The van der Waals surface area contributed by atoms with Crippen LogP contribution in [0.4, 0.5) is 4.79 Å². The van der Waals surface area contributed by atoms with Crippen molar-refractivity contribution in [2.75, 3.05) is 13.6 Å². The molecule has 0 aliphatic rings. The number of urea groups is 1. The fraction of sp³-hybridized carbons (Fsp3) is 0.316. The van der Waals surface area contributed by atoms with Crippen LogP contribution in [-0.2, 0) is 6.54 Å². The Hall–Kier alpha value is -2.53. The number of rotatable bonds is 7. The average Bonchev–Trinajstić information content (AvgIpc) is 2.59. The van der Waals surface area contributed by atoms with Crippen molar-refractivity contribution < 1.29 is 14.6 Å². The third-order valence-corrected chi connectivity index (χ3v) is 3.57. The second kappa shape index (κ2) is 8.93. The van der Waals surface area contributed by atoms with E-state index in [1.165, 1.54) is 0 Å². The lowest BCUT2D eigenvalue weighted by Gasteiger charge is -2.18. The number of aliphatic hydroxyl groups is 1. The van der Waals surface area contributed by atoms with Crippen LogP contribution < -0.4 is 10.1 Å². The number of ether oxygens (including phenoxy) is 1. The largest absolute Gasteiger partial charge is 0.457 e. The summed E-state index contributed by atoms with van der Waals surface area (Å²) >= 11 is 0. The molecule has 24 heavy (non-hydrogen) atoms. The fourth-order valence-electron chi connectivity index (χ4n) is 2.09. The van der Waals surface area contributed by atoms with Crippen molar-refractivity contribution in [3.8, 4) is 11.5 Å². The van der Waals surface area contributed by atoms with Crippen molar-refractivity contribution >= 4 is 6.03 Å². The predicted octanol–water partition coefficient (Wildman–Crippen LogP) is 3.39. The highest BCUT2D eigenvalue weighted by Gasteiger charge is 2.09. The predicted molar refractivity (Wildman–Crippen MR) is 94.1 cm³/mol. The number of carbonyl (C=O) groups excluding carboxylic acids is 1. The molecule has 0 heterocycles. The molecule has 0 fully saturated rings. The van der Waals surface area contributed by atoms with Crippen LogP contribution in [0.25, 0.3) is 0 Å². The van der Waals surface area contributed by atoms with Gasteiger partial charge in [0.1, 0.15) is 11.5 Å². The topological polar surface area (TPSA) is 61.8 Å². The molecular weight excluding hydrogens is 304 g/mol. The van der Waals surface area contributed by atoms with Gasteiger partial charge in [-0.25, -0.2) is 4.79 Å². The highest BCUT2D eigenvalue weighted by atomic mass is 16.5. The SMILES string of the molecule is CC(O)CCN(C)C(=O)NCc1ccc(Oc2ccccc2)cc1. The summed E-state index contributed by atoms with van der Waals surface area (Å²) < 4.78 is 5.73. The zero-order chi connectivity index (χ0) is 17.4. The minimum atomic E-state index is -0.405. The van der Waals surface area contributed by atoms with Gasteiger partial charge in [0.2, 0.25) is 0 Å². The molecule has 2 amide bonds. The summed E-state index contributed by atoms with van der Waals surface area (Å²) in [5.74, 6) is 1.55. The Morgan fingerprint density at radius 1 is 1.12 bits per heavy atom. The molecule has 1 unspecified atom stereocenters. The lowest BCUT2D eigenvalue weighted by atomic mass is 10.2. The normalized spacial score (nSPS) is 11.6. The molecular formula is C19H24N2O3. The summed E-state index contributed by atoms with van der Waals surface area (Å²) in [4.78, 5) is 13.5. The highest BCUT2D eigenvalue weighted by Crippen LogP contribution is 2.21. The first-order valence-electron chi connectivity index (χ1n) is 8.03. The molecule has 1 atom stereocenters. The number of benzene rings is 2. The van der Waals surface area contributed by atoms with Crippen LogP contribution in [0.5, 0.6) is 11.5 Å². The van der Waals surface area contributed by atoms with Gasteiger partial charge in [-0.05, 0) is 43.2 Å². The zero-order valence-corrected chi connectivity index (χ0v) is 14.1. The van der Waals surface area contributed by atoms with Crippen molar-refractivity contribution in [3.05, 3.63) is 60.2 Å². The third kappa shape index (κ3) is 5.93. The average molecular weight is 328 g/mol. The van der Waals surface area contributed by atoms with Gasteiger partial charge >= 0.3 is 6.03 Å². The van der Waals surface area contributed by atoms with Crippen molar-refractivity contribution in [1.29, 1.82) is 0 Å². The van der Waals surface area contributed by atoms with Crippen LogP contribution in [0.1, 0.15) is 18.9 Å². The summed E-state index contributed by atoms with van der Waals surface area (Å²) in [6, 6.07) is 17.0. The summed E-state index contributed by atoms with van der Waals surface area (Å²) in [6.45, 7) is 2.68. The van der Waals surface area contributed by atoms with E-state index < -0.39 is 6.10 Å². The van der Waals surface area contributed by atoms with E-state index in [1.807, 2.05) is 54.6 Å². The van der Waals surface area contributed by atoms with E-state index in [1.54, 1.807) is 18.9 Å². The van der Waals surface area contributed by atoms with E-state index in [-0.39, 0.29) is 6.03 Å². The number of hydrogen-bond donors (Lipinski definition) is 2. The number of nitrogens with zero attached hydrogens (tertiary/aromatic N) is 1. The van der Waals surface area contributed by atoms with Crippen molar-refractivity contribution in [2.45, 2.75) is 26.0 Å². The highest BCUT2D eigenvalue weighted by molar-refractivity contribution is 5.73. The van der Waals surface area contributed by atoms with E-state index >= 15 is 0 Å². The molecule has 5 heteroatoms. The van der Waals surface area contributed by atoms with E-state index in [0.717, 1.165) is 17.1 Å². The van der Waals surface area contributed by atoms with Gasteiger partial charge < -0.3 is 20.1 Å². The Labute approximate surface area is 142 Å². The number of carbonyl (C=O) groups is 1. The third-order valence-electron chi connectivity index (χ3n) is 3.57. The standard InChI is InChI=1S/C19H24N2O3/c1-15(22)12-13-21(2)19(23)20-14-16-8-10-18(11-9-16)24-17-6-4-3-5-7-17/h3-11,15,22H,12-14H2,1-2H3,(H,20,23). The molecule has 0 radical (unpaired) electrons. The lowest BCUT2D eigenvalue weighted by molar-refractivity contribution is 0.163. The quantitative estimate of drug-likeness (QED) is 0.819. The first-order valence-corrected chi connectivity index (χ1v) is 8.03. The second-order valence-electron chi connectivity index (χ2n) is 5.78. The van der Waals surface area contributed by atoms with Gasteiger partial charge in [0.25, 0.3) is 0 Å². The lowest BCUT2D eigenvalue weighted by Crippen LogP contribution is -2.38. The fourth-order valence-corrected chi connectivity index (χ4v) is 2.09. The Morgan fingerprint density at radius 3 is 2.38 bits per heavy atom. The molecule has 2 N–H and O–H groups in total. The first-order chi connectivity index (χ1) is 11.5. The Balaban J connectivity index is 1.80. The van der Waals surface area contributed by atoms with Crippen LogP contribution in [0.2, 0.25) is 0 Å². The molecule has 0 spiro atoms. The van der Waals surface area contributed by atoms with Crippen LogP contribution in [0.3, 0.4) is 0 Å². The summed E-state index contributed by atoms with van der Waals surface area (Å²) in [5.41, 5.74) is 0.993. The van der Waals surface area contributed by atoms with Crippen LogP contribution in [-0.4, -0.2) is 35.7 Å². The number of nitrogens with one attached hydrogen (secondary N) is 1. The maximum atomic E-state index is 11.9. The maximum absolute atomic E-state index is 11.9. The van der Waals surface area contributed by atoms with Gasteiger partial charge in [-0.1, -0.05) is 30.3 Å². The molecule has 128 valence electrons. The number of para-hydroxylation sites is 1.